The van der Waals surface area contributed by atoms with Crippen LogP contribution in [0.4, 0.5) is 10.5 Å². The fourth-order valence-electron chi connectivity index (χ4n) is 1.85. The van der Waals surface area contributed by atoms with Gasteiger partial charge in [-0.2, -0.15) is 0 Å². The number of rotatable bonds is 4. The van der Waals surface area contributed by atoms with Gasteiger partial charge in [0.15, 0.2) is 12.0 Å². The van der Waals surface area contributed by atoms with E-state index in [2.05, 4.69) is 5.32 Å². The van der Waals surface area contributed by atoms with Crippen molar-refractivity contribution >= 4 is 18.0 Å². The minimum atomic E-state index is -0.158. The van der Waals surface area contributed by atoms with Gasteiger partial charge in [-0.25, -0.2) is 4.79 Å². The van der Waals surface area contributed by atoms with Gasteiger partial charge in [-0.15, -0.1) is 0 Å². The lowest BCUT2D eigenvalue weighted by Gasteiger charge is -2.19. The molecule has 0 saturated carbocycles. The zero-order valence-corrected chi connectivity index (χ0v) is 9.60. The van der Waals surface area contributed by atoms with E-state index in [1.54, 1.807) is 23.1 Å². The van der Waals surface area contributed by atoms with E-state index in [1.807, 2.05) is 6.92 Å². The summed E-state index contributed by atoms with van der Waals surface area (Å²) in [5.74, 6) is 0.474. The molecule has 5 nitrogen and oxygen atoms in total. The Kier molecular flexibility index (Phi) is 3.27. The van der Waals surface area contributed by atoms with Crippen molar-refractivity contribution in [1.82, 2.24) is 5.32 Å². The summed E-state index contributed by atoms with van der Waals surface area (Å²) in [6.45, 7) is 3.49. The van der Waals surface area contributed by atoms with Crippen molar-refractivity contribution in [2.24, 2.45) is 0 Å². The largest absolute Gasteiger partial charge is 0.491 e. The number of ether oxygens (including phenoxy) is 1. The molecule has 0 aliphatic carbocycles. The second-order valence-corrected chi connectivity index (χ2v) is 3.63. The van der Waals surface area contributed by atoms with Crippen LogP contribution in [0.1, 0.15) is 17.3 Å². The van der Waals surface area contributed by atoms with E-state index < -0.39 is 0 Å². The Hall–Kier alpha value is -2.04. The minimum Gasteiger partial charge on any atom is -0.491 e. The van der Waals surface area contributed by atoms with Gasteiger partial charge in [-0.1, -0.05) is 6.07 Å². The lowest BCUT2D eigenvalue weighted by Crippen LogP contribution is -2.28. The Morgan fingerprint density at radius 1 is 1.53 bits per heavy atom. The van der Waals surface area contributed by atoms with Gasteiger partial charge in [0, 0.05) is 13.1 Å². The lowest BCUT2D eigenvalue weighted by molar-refractivity contribution is 0.112. The highest BCUT2D eigenvalue weighted by atomic mass is 16.5. The zero-order chi connectivity index (χ0) is 12.3. The number of nitrogens with zero attached hydrogens (tertiary/aromatic N) is 1. The molecule has 0 bridgehead atoms. The summed E-state index contributed by atoms with van der Waals surface area (Å²) >= 11 is 0. The van der Waals surface area contributed by atoms with Crippen LogP contribution in [-0.4, -0.2) is 32.0 Å². The van der Waals surface area contributed by atoms with Crippen molar-refractivity contribution in [2.45, 2.75) is 6.92 Å². The predicted molar refractivity (Wildman–Crippen MR) is 63.7 cm³/mol. The number of hydrogen-bond donors (Lipinski definition) is 1. The molecule has 2 amide bonds. The van der Waals surface area contributed by atoms with Crippen LogP contribution in [0.2, 0.25) is 0 Å². The average molecular weight is 234 g/mol. The third kappa shape index (κ3) is 2.08. The van der Waals surface area contributed by atoms with Crippen LogP contribution in [0.5, 0.6) is 5.75 Å². The summed E-state index contributed by atoms with van der Waals surface area (Å²) < 4.78 is 5.47. The lowest BCUT2D eigenvalue weighted by atomic mass is 10.1. The topological polar surface area (TPSA) is 58.6 Å². The number of nitrogens with one attached hydrogen (secondary N) is 1. The predicted octanol–water partition coefficient (Wildman–Crippen LogP) is 1.43. The summed E-state index contributed by atoms with van der Waals surface area (Å²) in [6.07, 6.45) is 0.739. The van der Waals surface area contributed by atoms with Crippen molar-refractivity contribution in [3.8, 4) is 5.75 Å². The number of urea groups is 1. The van der Waals surface area contributed by atoms with Crippen LogP contribution in [-0.2, 0) is 0 Å². The number of para-hydroxylation sites is 1. The molecule has 2 rings (SSSR count). The van der Waals surface area contributed by atoms with E-state index in [0.717, 1.165) is 6.29 Å². The SMILES string of the molecule is CCOc1c(C=O)cccc1N1CCNC1=O. The van der Waals surface area contributed by atoms with Crippen LogP contribution in [0.3, 0.4) is 0 Å². The molecule has 1 aromatic rings. The molecule has 0 spiro atoms. The number of amides is 2. The maximum atomic E-state index is 11.6. The van der Waals surface area contributed by atoms with Crippen molar-refractivity contribution in [2.75, 3.05) is 24.6 Å². The van der Waals surface area contributed by atoms with Crippen LogP contribution < -0.4 is 15.0 Å². The van der Waals surface area contributed by atoms with E-state index in [9.17, 15) is 9.59 Å². The zero-order valence-electron chi connectivity index (χ0n) is 9.60. The van der Waals surface area contributed by atoms with Crippen LogP contribution in [0.25, 0.3) is 0 Å². The quantitative estimate of drug-likeness (QED) is 0.802. The molecule has 0 unspecified atom stereocenters. The fraction of sp³-hybridized carbons (Fsp3) is 0.333. The fourth-order valence-corrected chi connectivity index (χ4v) is 1.85. The molecule has 1 fully saturated rings. The first kappa shape index (κ1) is 11.4. The van der Waals surface area contributed by atoms with Crippen LogP contribution >= 0.6 is 0 Å². The van der Waals surface area contributed by atoms with Gasteiger partial charge in [-0.3, -0.25) is 9.69 Å². The third-order valence-corrected chi connectivity index (χ3v) is 2.59. The Morgan fingerprint density at radius 2 is 2.35 bits per heavy atom. The maximum Gasteiger partial charge on any atom is 0.322 e. The van der Waals surface area contributed by atoms with Gasteiger partial charge < -0.3 is 10.1 Å². The van der Waals surface area contributed by atoms with Crippen molar-refractivity contribution in [3.63, 3.8) is 0 Å². The first-order valence-corrected chi connectivity index (χ1v) is 5.54. The van der Waals surface area contributed by atoms with E-state index in [4.69, 9.17) is 4.74 Å². The summed E-state index contributed by atoms with van der Waals surface area (Å²) in [7, 11) is 0. The minimum absolute atomic E-state index is 0.158. The molecular formula is C12H14N2O3. The second kappa shape index (κ2) is 4.86. The molecule has 5 heteroatoms. The molecule has 0 aromatic heterocycles. The number of hydrogen-bond acceptors (Lipinski definition) is 3. The van der Waals surface area contributed by atoms with E-state index in [-0.39, 0.29) is 6.03 Å². The Labute approximate surface area is 99.4 Å². The number of aldehydes is 1. The standard InChI is InChI=1S/C12H14N2O3/c1-2-17-11-9(8-15)4-3-5-10(11)14-7-6-13-12(14)16/h3-5,8H,2,6-7H2,1H3,(H,13,16). The highest BCUT2D eigenvalue weighted by Gasteiger charge is 2.25. The van der Waals surface area contributed by atoms with Crippen LogP contribution in [0, 0.1) is 0 Å². The molecule has 0 radical (unpaired) electrons. The van der Waals surface area contributed by atoms with Crippen LogP contribution in [0.15, 0.2) is 18.2 Å². The summed E-state index contributed by atoms with van der Waals surface area (Å²) in [5, 5.41) is 2.72. The second-order valence-electron chi connectivity index (χ2n) is 3.63. The van der Waals surface area contributed by atoms with Gasteiger partial charge in [-0.05, 0) is 19.1 Å². The van der Waals surface area contributed by atoms with Gasteiger partial charge in [0.25, 0.3) is 0 Å². The number of benzene rings is 1. The van der Waals surface area contributed by atoms with Gasteiger partial charge in [0.2, 0.25) is 0 Å². The highest BCUT2D eigenvalue weighted by molar-refractivity contribution is 5.97. The molecule has 1 saturated heterocycles. The molecule has 17 heavy (non-hydrogen) atoms. The smallest absolute Gasteiger partial charge is 0.322 e. The Bertz CT molecular complexity index is 445. The summed E-state index contributed by atoms with van der Waals surface area (Å²) in [4.78, 5) is 24.1. The average Bonchev–Trinajstić information content (AvgIpc) is 2.76. The van der Waals surface area contributed by atoms with E-state index >= 15 is 0 Å². The summed E-state index contributed by atoms with van der Waals surface area (Å²) in [6, 6.07) is 5.04. The molecule has 1 N–H and O–H groups in total. The van der Waals surface area contributed by atoms with Crippen molar-refractivity contribution < 1.29 is 14.3 Å². The molecule has 0 atom stereocenters. The Morgan fingerprint density at radius 3 is 2.94 bits per heavy atom. The van der Waals surface area contributed by atoms with Gasteiger partial charge >= 0.3 is 6.03 Å². The molecule has 90 valence electrons. The first-order valence-electron chi connectivity index (χ1n) is 5.54. The van der Waals surface area contributed by atoms with Gasteiger partial charge in [0.1, 0.15) is 0 Å². The highest BCUT2D eigenvalue weighted by Crippen LogP contribution is 2.32. The summed E-state index contributed by atoms with van der Waals surface area (Å²) in [5.41, 5.74) is 1.11. The monoisotopic (exact) mass is 234 g/mol. The molecule has 1 aromatic carbocycles. The Balaban J connectivity index is 2.44. The number of carbonyl (C=O) groups is 2. The normalized spacial score (nSPS) is 14.6. The molecule has 1 aliphatic heterocycles. The molecular weight excluding hydrogens is 220 g/mol. The first-order chi connectivity index (χ1) is 8.27. The molecule has 1 aliphatic rings. The van der Waals surface area contributed by atoms with Crippen molar-refractivity contribution in [1.29, 1.82) is 0 Å². The van der Waals surface area contributed by atoms with E-state index in [1.165, 1.54) is 0 Å². The van der Waals surface area contributed by atoms with Crippen molar-refractivity contribution in [3.05, 3.63) is 23.8 Å². The maximum absolute atomic E-state index is 11.6. The van der Waals surface area contributed by atoms with Gasteiger partial charge in [0.05, 0.1) is 17.9 Å². The van der Waals surface area contributed by atoms with E-state index in [0.29, 0.717) is 36.7 Å². The number of carbonyl (C=O) groups excluding carboxylic acids is 2. The third-order valence-electron chi connectivity index (χ3n) is 2.59. The number of anilines is 1. The molecule has 1 heterocycles.